The van der Waals surface area contributed by atoms with Crippen LogP contribution in [0.25, 0.3) is 0 Å². The molecular formula is C14H20ClN3O2. The number of carbonyl (C=O) groups excluding carboxylic acids is 1. The molecule has 5 nitrogen and oxygen atoms in total. The summed E-state index contributed by atoms with van der Waals surface area (Å²) in [5, 5.41) is 6.62. The van der Waals surface area contributed by atoms with Crippen molar-refractivity contribution in [3.63, 3.8) is 0 Å². The molecule has 1 aromatic rings. The van der Waals surface area contributed by atoms with Gasteiger partial charge >= 0.3 is 0 Å². The Morgan fingerprint density at radius 2 is 2.20 bits per heavy atom. The lowest BCUT2D eigenvalue weighted by Gasteiger charge is -2.26. The van der Waals surface area contributed by atoms with E-state index in [0.29, 0.717) is 29.6 Å². The summed E-state index contributed by atoms with van der Waals surface area (Å²) < 4.78 is 5.36. The van der Waals surface area contributed by atoms with E-state index in [2.05, 4.69) is 15.5 Å². The van der Waals surface area contributed by atoms with Crippen molar-refractivity contribution in [1.82, 2.24) is 10.2 Å². The van der Waals surface area contributed by atoms with Crippen LogP contribution >= 0.6 is 11.6 Å². The van der Waals surface area contributed by atoms with Crippen molar-refractivity contribution in [2.24, 2.45) is 0 Å². The molecule has 0 aliphatic carbocycles. The lowest BCUT2D eigenvalue weighted by atomic mass is 10.3. The lowest BCUT2D eigenvalue weighted by molar-refractivity contribution is -0.117. The van der Waals surface area contributed by atoms with Crippen LogP contribution in [-0.2, 0) is 4.79 Å². The normalized spacial score (nSPS) is 15.9. The van der Waals surface area contributed by atoms with E-state index in [4.69, 9.17) is 16.3 Å². The molecule has 6 heteroatoms. The van der Waals surface area contributed by atoms with Gasteiger partial charge in [-0.05, 0) is 25.1 Å². The second-order valence-electron chi connectivity index (χ2n) is 4.65. The molecule has 0 saturated carbocycles. The van der Waals surface area contributed by atoms with Crippen LogP contribution in [0.15, 0.2) is 18.2 Å². The standard InChI is InChI=1S/C14H20ClN3O2/c1-2-20-13-4-3-11(9-12(13)15)17-14(19)10-18-7-5-16-6-8-18/h3-4,9,16H,2,5-8,10H2,1H3,(H,17,19). The summed E-state index contributed by atoms with van der Waals surface area (Å²) in [5.41, 5.74) is 0.693. The van der Waals surface area contributed by atoms with E-state index in [9.17, 15) is 4.79 Å². The highest BCUT2D eigenvalue weighted by Crippen LogP contribution is 2.27. The van der Waals surface area contributed by atoms with E-state index in [1.807, 2.05) is 6.92 Å². The quantitative estimate of drug-likeness (QED) is 0.866. The van der Waals surface area contributed by atoms with Gasteiger partial charge in [0.15, 0.2) is 0 Å². The first-order chi connectivity index (χ1) is 9.69. The van der Waals surface area contributed by atoms with Crippen LogP contribution in [0.2, 0.25) is 5.02 Å². The molecule has 0 radical (unpaired) electrons. The first kappa shape index (κ1) is 15.1. The van der Waals surface area contributed by atoms with Crippen molar-refractivity contribution >= 4 is 23.2 Å². The van der Waals surface area contributed by atoms with Crippen molar-refractivity contribution < 1.29 is 9.53 Å². The van der Waals surface area contributed by atoms with Gasteiger partial charge in [-0.2, -0.15) is 0 Å². The fraction of sp³-hybridized carbons (Fsp3) is 0.500. The van der Waals surface area contributed by atoms with Gasteiger partial charge in [-0.15, -0.1) is 0 Å². The largest absolute Gasteiger partial charge is 0.492 e. The third kappa shape index (κ3) is 4.37. The molecule has 1 amide bonds. The van der Waals surface area contributed by atoms with Crippen LogP contribution in [0.3, 0.4) is 0 Å². The second-order valence-corrected chi connectivity index (χ2v) is 5.06. The number of nitrogens with zero attached hydrogens (tertiary/aromatic N) is 1. The zero-order valence-corrected chi connectivity index (χ0v) is 12.4. The molecule has 1 fully saturated rings. The number of anilines is 1. The topological polar surface area (TPSA) is 53.6 Å². The first-order valence-electron chi connectivity index (χ1n) is 6.84. The molecule has 110 valence electrons. The van der Waals surface area contributed by atoms with E-state index in [1.54, 1.807) is 18.2 Å². The van der Waals surface area contributed by atoms with Crippen LogP contribution in [0.5, 0.6) is 5.75 Å². The van der Waals surface area contributed by atoms with E-state index < -0.39 is 0 Å². The molecule has 2 N–H and O–H groups in total. The van der Waals surface area contributed by atoms with E-state index in [-0.39, 0.29) is 5.91 Å². The van der Waals surface area contributed by atoms with Crippen molar-refractivity contribution in [3.05, 3.63) is 23.2 Å². The molecule has 1 saturated heterocycles. The van der Waals surface area contributed by atoms with Crippen LogP contribution in [0.4, 0.5) is 5.69 Å². The fourth-order valence-corrected chi connectivity index (χ4v) is 2.36. The molecule has 20 heavy (non-hydrogen) atoms. The lowest BCUT2D eigenvalue weighted by Crippen LogP contribution is -2.46. The zero-order chi connectivity index (χ0) is 14.4. The highest BCUT2D eigenvalue weighted by molar-refractivity contribution is 6.32. The van der Waals surface area contributed by atoms with E-state index >= 15 is 0 Å². The Labute approximate surface area is 124 Å². The predicted octanol–water partition coefficient (Wildman–Crippen LogP) is 1.58. The number of amides is 1. The number of hydrogen-bond acceptors (Lipinski definition) is 4. The van der Waals surface area contributed by atoms with Gasteiger partial charge in [0, 0.05) is 31.9 Å². The highest BCUT2D eigenvalue weighted by atomic mass is 35.5. The zero-order valence-electron chi connectivity index (χ0n) is 11.6. The fourth-order valence-electron chi connectivity index (χ4n) is 2.12. The minimum atomic E-state index is -0.0212. The van der Waals surface area contributed by atoms with Crippen LogP contribution in [0.1, 0.15) is 6.92 Å². The number of benzene rings is 1. The molecular weight excluding hydrogens is 278 g/mol. The summed E-state index contributed by atoms with van der Waals surface area (Å²) in [5.74, 6) is 0.612. The average Bonchev–Trinajstić information content (AvgIpc) is 2.43. The number of hydrogen-bond donors (Lipinski definition) is 2. The number of halogens is 1. The summed E-state index contributed by atoms with van der Waals surface area (Å²) >= 11 is 6.09. The monoisotopic (exact) mass is 297 g/mol. The van der Waals surface area contributed by atoms with Crippen LogP contribution in [-0.4, -0.2) is 50.1 Å². The molecule has 0 atom stereocenters. The van der Waals surface area contributed by atoms with Gasteiger partial charge in [0.1, 0.15) is 5.75 Å². The van der Waals surface area contributed by atoms with E-state index in [0.717, 1.165) is 26.2 Å². The smallest absolute Gasteiger partial charge is 0.238 e. The summed E-state index contributed by atoms with van der Waals surface area (Å²) in [7, 11) is 0. The van der Waals surface area contributed by atoms with Gasteiger partial charge in [-0.3, -0.25) is 9.69 Å². The van der Waals surface area contributed by atoms with Crippen molar-refractivity contribution in [3.8, 4) is 5.75 Å². The molecule has 1 aliphatic heterocycles. The highest BCUT2D eigenvalue weighted by Gasteiger charge is 2.13. The van der Waals surface area contributed by atoms with Crippen LogP contribution in [0, 0.1) is 0 Å². The molecule has 1 heterocycles. The predicted molar refractivity (Wildman–Crippen MR) is 80.6 cm³/mol. The number of ether oxygens (including phenoxy) is 1. The van der Waals surface area contributed by atoms with Gasteiger partial charge in [0.05, 0.1) is 18.2 Å². The molecule has 0 spiro atoms. The Balaban J connectivity index is 1.88. The van der Waals surface area contributed by atoms with Gasteiger partial charge < -0.3 is 15.4 Å². The molecule has 0 unspecified atom stereocenters. The minimum absolute atomic E-state index is 0.0212. The van der Waals surface area contributed by atoms with Crippen molar-refractivity contribution in [2.45, 2.75) is 6.92 Å². The van der Waals surface area contributed by atoms with Crippen molar-refractivity contribution in [1.29, 1.82) is 0 Å². The maximum Gasteiger partial charge on any atom is 0.238 e. The Morgan fingerprint density at radius 3 is 2.85 bits per heavy atom. The second kappa shape index (κ2) is 7.47. The Hall–Kier alpha value is -1.30. The molecule has 1 aliphatic rings. The summed E-state index contributed by atoms with van der Waals surface area (Å²) in [4.78, 5) is 14.1. The Morgan fingerprint density at radius 1 is 1.45 bits per heavy atom. The van der Waals surface area contributed by atoms with Gasteiger partial charge in [-0.25, -0.2) is 0 Å². The molecule has 0 aromatic heterocycles. The SMILES string of the molecule is CCOc1ccc(NC(=O)CN2CCNCC2)cc1Cl. The number of carbonyl (C=O) groups is 1. The first-order valence-corrected chi connectivity index (χ1v) is 7.22. The maximum atomic E-state index is 12.0. The maximum absolute atomic E-state index is 12.0. The van der Waals surface area contributed by atoms with Gasteiger partial charge in [0.2, 0.25) is 5.91 Å². The summed E-state index contributed by atoms with van der Waals surface area (Å²) in [6, 6.07) is 5.28. The van der Waals surface area contributed by atoms with E-state index in [1.165, 1.54) is 0 Å². The Kier molecular flexibility index (Phi) is 5.64. The number of rotatable bonds is 5. The third-order valence-corrected chi connectivity index (χ3v) is 3.39. The van der Waals surface area contributed by atoms with Crippen LogP contribution < -0.4 is 15.4 Å². The summed E-state index contributed by atoms with van der Waals surface area (Å²) in [6.07, 6.45) is 0. The average molecular weight is 298 g/mol. The minimum Gasteiger partial charge on any atom is -0.492 e. The summed E-state index contributed by atoms with van der Waals surface area (Å²) in [6.45, 7) is 6.54. The number of piperazine rings is 1. The molecule has 0 bridgehead atoms. The van der Waals surface area contributed by atoms with Gasteiger partial charge in [0.25, 0.3) is 0 Å². The van der Waals surface area contributed by atoms with Gasteiger partial charge in [-0.1, -0.05) is 11.6 Å². The van der Waals surface area contributed by atoms with Crippen molar-refractivity contribution in [2.75, 3.05) is 44.6 Å². The molecule has 1 aromatic carbocycles. The molecule has 2 rings (SSSR count). The third-order valence-electron chi connectivity index (χ3n) is 3.09. The number of nitrogens with one attached hydrogen (secondary N) is 2. The Bertz CT molecular complexity index is 462.